The Balaban J connectivity index is 1.74. The van der Waals surface area contributed by atoms with Crippen molar-refractivity contribution in [3.05, 3.63) is 78.1 Å². The molecule has 0 fully saturated rings. The van der Waals surface area contributed by atoms with E-state index < -0.39 is 0 Å². The molecule has 5 heteroatoms. The lowest BCUT2D eigenvalue weighted by atomic mass is 10.2. The van der Waals surface area contributed by atoms with Crippen molar-refractivity contribution in [1.29, 1.82) is 0 Å². The van der Waals surface area contributed by atoms with Gasteiger partial charge in [-0.05, 0) is 36.8 Å². The molecule has 1 aromatic heterocycles. The van der Waals surface area contributed by atoms with Crippen LogP contribution >= 0.6 is 0 Å². The SMILES string of the molecule is CCN(Cc1ccc(OC)cc1)C(=O)c1cnn(-c2ccccc2)c1. The van der Waals surface area contributed by atoms with Gasteiger partial charge in [0.05, 0.1) is 24.6 Å². The summed E-state index contributed by atoms with van der Waals surface area (Å²) in [5.41, 5.74) is 2.57. The van der Waals surface area contributed by atoms with Crippen LogP contribution in [0, 0.1) is 0 Å². The summed E-state index contributed by atoms with van der Waals surface area (Å²) in [7, 11) is 1.64. The maximum Gasteiger partial charge on any atom is 0.257 e. The predicted octanol–water partition coefficient (Wildman–Crippen LogP) is 3.54. The summed E-state index contributed by atoms with van der Waals surface area (Å²) in [6, 6.07) is 17.5. The van der Waals surface area contributed by atoms with E-state index in [1.54, 1.807) is 29.1 Å². The van der Waals surface area contributed by atoms with E-state index in [9.17, 15) is 4.79 Å². The third-order valence-corrected chi connectivity index (χ3v) is 4.05. The molecule has 0 aliphatic rings. The van der Waals surface area contributed by atoms with Crippen LogP contribution in [0.4, 0.5) is 0 Å². The molecule has 0 atom stereocenters. The van der Waals surface area contributed by atoms with Gasteiger partial charge in [0.1, 0.15) is 5.75 Å². The monoisotopic (exact) mass is 335 g/mol. The van der Waals surface area contributed by atoms with E-state index >= 15 is 0 Å². The largest absolute Gasteiger partial charge is 0.497 e. The van der Waals surface area contributed by atoms with Crippen LogP contribution in [0.5, 0.6) is 5.75 Å². The molecule has 3 rings (SSSR count). The molecule has 3 aromatic rings. The van der Waals surface area contributed by atoms with E-state index in [1.807, 2.05) is 61.5 Å². The summed E-state index contributed by atoms with van der Waals surface area (Å²) in [6.45, 7) is 3.15. The fourth-order valence-electron chi connectivity index (χ4n) is 2.62. The lowest BCUT2D eigenvalue weighted by Gasteiger charge is -2.20. The second-order valence-electron chi connectivity index (χ2n) is 5.68. The average Bonchev–Trinajstić information content (AvgIpc) is 3.17. The minimum atomic E-state index is -0.0273. The number of hydrogen-bond donors (Lipinski definition) is 0. The van der Waals surface area contributed by atoms with Gasteiger partial charge in [-0.1, -0.05) is 30.3 Å². The van der Waals surface area contributed by atoms with Crippen LogP contribution in [0.2, 0.25) is 0 Å². The third kappa shape index (κ3) is 3.88. The van der Waals surface area contributed by atoms with Gasteiger partial charge >= 0.3 is 0 Å². The zero-order valence-corrected chi connectivity index (χ0v) is 14.4. The van der Waals surface area contributed by atoms with Crippen molar-refractivity contribution in [3.8, 4) is 11.4 Å². The molecule has 0 saturated carbocycles. The molecule has 0 spiro atoms. The van der Waals surface area contributed by atoms with Gasteiger partial charge in [-0.3, -0.25) is 4.79 Å². The van der Waals surface area contributed by atoms with Crippen molar-refractivity contribution in [2.45, 2.75) is 13.5 Å². The summed E-state index contributed by atoms with van der Waals surface area (Å²) < 4.78 is 6.89. The highest BCUT2D eigenvalue weighted by Crippen LogP contribution is 2.15. The van der Waals surface area contributed by atoms with Crippen LogP contribution in [0.3, 0.4) is 0 Å². The lowest BCUT2D eigenvalue weighted by Crippen LogP contribution is -2.30. The lowest BCUT2D eigenvalue weighted by molar-refractivity contribution is 0.0752. The Kier molecular flexibility index (Phi) is 5.14. The summed E-state index contributed by atoms with van der Waals surface area (Å²) in [5.74, 6) is 0.780. The first-order chi connectivity index (χ1) is 12.2. The van der Waals surface area contributed by atoms with Gasteiger partial charge in [0, 0.05) is 19.3 Å². The fourth-order valence-corrected chi connectivity index (χ4v) is 2.62. The fraction of sp³-hybridized carbons (Fsp3) is 0.200. The number of para-hydroxylation sites is 1. The highest BCUT2D eigenvalue weighted by atomic mass is 16.5. The van der Waals surface area contributed by atoms with Crippen molar-refractivity contribution in [2.24, 2.45) is 0 Å². The molecule has 0 N–H and O–H groups in total. The zero-order valence-electron chi connectivity index (χ0n) is 14.4. The molecule has 0 bridgehead atoms. The van der Waals surface area contributed by atoms with Crippen LogP contribution < -0.4 is 4.74 Å². The first-order valence-corrected chi connectivity index (χ1v) is 8.23. The number of nitrogens with zero attached hydrogens (tertiary/aromatic N) is 3. The highest BCUT2D eigenvalue weighted by molar-refractivity contribution is 5.93. The molecule has 0 aliphatic heterocycles. The molecule has 25 heavy (non-hydrogen) atoms. The number of benzene rings is 2. The molecule has 0 unspecified atom stereocenters. The van der Waals surface area contributed by atoms with Crippen LogP contribution in [-0.2, 0) is 6.54 Å². The quantitative estimate of drug-likeness (QED) is 0.692. The number of carbonyl (C=O) groups excluding carboxylic acids is 1. The second kappa shape index (κ2) is 7.66. The molecular formula is C20H21N3O2. The number of hydrogen-bond acceptors (Lipinski definition) is 3. The average molecular weight is 335 g/mol. The topological polar surface area (TPSA) is 47.4 Å². The Morgan fingerprint density at radius 2 is 1.84 bits per heavy atom. The molecule has 1 heterocycles. The van der Waals surface area contributed by atoms with Gasteiger partial charge in [-0.25, -0.2) is 4.68 Å². The van der Waals surface area contributed by atoms with Crippen molar-refractivity contribution in [1.82, 2.24) is 14.7 Å². The van der Waals surface area contributed by atoms with E-state index in [2.05, 4.69) is 5.10 Å². The van der Waals surface area contributed by atoms with Gasteiger partial charge in [-0.15, -0.1) is 0 Å². The highest BCUT2D eigenvalue weighted by Gasteiger charge is 2.17. The van der Waals surface area contributed by atoms with Crippen molar-refractivity contribution in [3.63, 3.8) is 0 Å². The standard InChI is InChI=1S/C20H21N3O2/c1-3-22(14-16-9-11-19(25-2)12-10-16)20(24)17-13-21-23(15-17)18-7-5-4-6-8-18/h4-13,15H,3,14H2,1-2H3. The maximum atomic E-state index is 12.8. The van der Waals surface area contributed by atoms with Crippen molar-refractivity contribution >= 4 is 5.91 Å². The van der Waals surface area contributed by atoms with Gasteiger partial charge in [0.2, 0.25) is 0 Å². The minimum Gasteiger partial charge on any atom is -0.497 e. The molecular weight excluding hydrogens is 314 g/mol. The van der Waals surface area contributed by atoms with Gasteiger partial charge in [0.25, 0.3) is 5.91 Å². The van der Waals surface area contributed by atoms with Crippen molar-refractivity contribution < 1.29 is 9.53 Å². The number of rotatable bonds is 6. The molecule has 0 aliphatic carbocycles. The number of aromatic nitrogens is 2. The number of carbonyl (C=O) groups is 1. The van der Waals surface area contributed by atoms with E-state index in [-0.39, 0.29) is 5.91 Å². The van der Waals surface area contributed by atoms with E-state index in [0.29, 0.717) is 18.7 Å². The summed E-state index contributed by atoms with van der Waals surface area (Å²) in [6.07, 6.45) is 3.39. The van der Waals surface area contributed by atoms with Gasteiger partial charge in [-0.2, -0.15) is 5.10 Å². The molecule has 0 saturated heterocycles. The molecule has 128 valence electrons. The van der Waals surface area contributed by atoms with Gasteiger partial charge in [0.15, 0.2) is 0 Å². The first kappa shape index (κ1) is 16.8. The smallest absolute Gasteiger partial charge is 0.257 e. The Morgan fingerprint density at radius 3 is 2.48 bits per heavy atom. The molecule has 0 radical (unpaired) electrons. The zero-order chi connectivity index (χ0) is 17.6. The predicted molar refractivity (Wildman–Crippen MR) is 97.0 cm³/mol. The van der Waals surface area contributed by atoms with Crippen LogP contribution in [0.1, 0.15) is 22.8 Å². The van der Waals surface area contributed by atoms with E-state index in [1.165, 1.54) is 0 Å². The maximum absolute atomic E-state index is 12.8. The normalized spacial score (nSPS) is 10.5. The Labute approximate surface area is 147 Å². The first-order valence-electron chi connectivity index (χ1n) is 8.23. The summed E-state index contributed by atoms with van der Waals surface area (Å²) in [5, 5.41) is 4.31. The number of amides is 1. The van der Waals surface area contributed by atoms with Crippen molar-refractivity contribution in [2.75, 3.05) is 13.7 Å². The van der Waals surface area contributed by atoms with E-state index in [4.69, 9.17) is 4.74 Å². The number of methoxy groups -OCH3 is 1. The Morgan fingerprint density at radius 1 is 1.12 bits per heavy atom. The third-order valence-electron chi connectivity index (χ3n) is 4.05. The summed E-state index contributed by atoms with van der Waals surface area (Å²) >= 11 is 0. The Hall–Kier alpha value is -3.08. The minimum absolute atomic E-state index is 0.0273. The summed E-state index contributed by atoms with van der Waals surface area (Å²) in [4.78, 5) is 14.6. The molecule has 2 aromatic carbocycles. The van der Waals surface area contributed by atoms with Crippen LogP contribution in [0.25, 0.3) is 5.69 Å². The van der Waals surface area contributed by atoms with Crippen LogP contribution in [-0.4, -0.2) is 34.2 Å². The Bertz CT molecular complexity index is 826. The van der Waals surface area contributed by atoms with Gasteiger partial charge < -0.3 is 9.64 Å². The molecule has 5 nitrogen and oxygen atoms in total. The molecule has 1 amide bonds. The van der Waals surface area contributed by atoms with Crippen LogP contribution in [0.15, 0.2) is 67.0 Å². The second-order valence-corrected chi connectivity index (χ2v) is 5.68. The number of ether oxygens (including phenoxy) is 1. The van der Waals surface area contributed by atoms with E-state index in [0.717, 1.165) is 17.0 Å².